The average Bonchev–Trinajstić information content (AvgIpc) is 3.12. The van der Waals surface area contributed by atoms with E-state index in [9.17, 15) is 4.79 Å². The summed E-state index contributed by atoms with van der Waals surface area (Å²) < 4.78 is 12.0. The number of fused-ring (bicyclic) bond motifs is 1. The Morgan fingerprint density at radius 2 is 2.04 bits per heavy atom. The lowest BCUT2D eigenvalue weighted by Gasteiger charge is -2.11. The predicted molar refractivity (Wildman–Crippen MR) is 106 cm³/mol. The molecule has 0 radical (unpaired) electrons. The Labute approximate surface area is 163 Å². The molecule has 27 heavy (non-hydrogen) atoms. The third-order valence-corrected chi connectivity index (χ3v) is 4.44. The van der Waals surface area contributed by atoms with Gasteiger partial charge in [0.2, 0.25) is 5.89 Å². The summed E-state index contributed by atoms with van der Waals surface area (Å²) in [6, 6.07) is 16.1. The number of nitrogens with one attached hydrogen (secondary N) is 1. The second kappa shape index (κ2) is 7.20. The van der Waals surface area contributed by atoms with Crippen LogP contribution in [-0.2, 0) is 0 Å². The summed E-state index contributed by atoms with van der Waals surface area (Å²) in [5.74, 6) is 0.714. The maximum atomic E-state index is 12.6. The molecule has 0 aliphatic heterocycles. The highest BCUT2D eigenvalue weighted by atomic mass is 79.9. The van der Waals surface area contributed by atoms with Crippen LogP contribution in [0.2, 0.25) is 0 Å². The lowest BCUT2D eigenvalue weighted by atomic mass is 10.1. The molecule has 1 amide bonds. The van der Waals surface area contributed by atoms with E-state index < -0.39 is 0 Å². The molecule has 134 valence electrons. The largest absolute Gasteiger partial charge is 0.495 e. The second-order valence-electron chi connectivity index (χ2n) is 5.72. The Bertz CT molecular complexity index is 1110. The number of rotatable bonds is 4. The first-order chi connectivity index (χ1) is 13.1. The molecule has 0 unspecified atom stereocenters. The fourth-order valence-corrected chi connectivity index (χ4v) is 3.05. The van der Waals surface area contributed by atoms with Crippen molar-refractivity contribution >= 4 is 38.8 Å². The van der Waals surface area contributed by atoms with Gasteiger partial charge in [0.15, 0.2) is 11.2 Å². The Kier molecular flexibility index (Phi) is 4.60. The molecule has 7 heteroatoms. The number of anilines is 1. The molecule has 1 N–H and O–H groups in total. The van der Waals surface area contributed by atoms with E-state index in [0.29, 0.717) is 39.7 Å². The van der Waals surface area contributed by atoms with Crippen molar-refractivity contribution in [3.63, 3.8) is 0 Å². The van der Waals surface area contributed by atoms with Crippen molar-refractivity contribution in [1.29, 1.82) is 0 Å². The van der Waals surface area contributed by atoms with Gasteiger partial charge in [0.1, 0.15) is 5.75 Å². The van der Waals surface area contributed by atoms with Crippen molar-refractivity contribution in [1.82, 2.24) is 9.97 Å². The number of amides is 1. The fraction of sp³-hybridized carbons (Fsp3) is 0.0500. The molecular weight excluding hydrogens is 410 g/mol. The third kappa shape index (κ3) is 3.54. The highest BCUT2D eigenvalue weighted by molar-refractivity contribution is 9.10. The number of pyridine rings is 1. The van der Waals surface area contributed by atoms with E-state index in [1.807, 2.05) is 12.1 Å². The second-order valence-corrected chi connectivity index (χ2v) is 6.64. The van der Waals surface area contributed by atoms with E-state index in [0.717, 1.165) is 4.47 Å². The molecule has 6 nitrogen and oxygen atoms in total. The number of halogens is 1. The SMILES string of the molecule is COc1ccc(-c2nc3ncccc3o2)cc1NC(=O)c1cccc(Br)c1. The number of carbonyl (C=O) groups is 1. The van der Waals surface area contributed by atoms with Crippen LogP contribution in [-0.4, -0.2) is 23.0 Å². The van der Waals surface area contributed by atoms with Gasteiger partial charge in [-0.1, -0.05) is 22.0 Å². The van der Waals surface area contributed by atoms with Gasteiger partial charge in [-0.25, -0.2) is 4.98 Å². The van der Waals surface area contributed by atoms with Gasteiger partial charge in [0.05, 0.1) is 12.8 Å². The Morgan fingerprint density at radius 3 is 2.81 bits per heavy atom. The van der Waals surface area contributed by atoms with Crippen LogP contribution in [0.5, 0.6) is 5.75 Å². The van der Waals surface area contributed by atoms with Crippen molar-refractivity contribution in [2.75, 3.05) is 12.4 Å². The summed E-state index contributed by atoms with van der Waals surface area (Å²) in [4.78, 5) is 21.2. The maximum Gasteiger partial charge on any atom is 0.255 e. The van der Waals surface area contributed by atoms with Crippen LogP contribution in [0.15, 0.2) is 69.7 Å². The molecule has 2 heterocycles. The molecule has 2 aromatic heterocycles. The zero-order valence-corrected chi connectivity index (χ0v) is 15.9. The van der Waals surface area contributed by atoms with Gasteiger partial charge in [-0.2, -0.15) is 4.98 Å². The van der Waals surface area contributed by atoms with E-state index in [2.05, 4.69) is 31.2 Å². The Hall–Kier alpha value is -3.19. The van der Waals surface area contributed by atoms with E-state index >= 15 is 0 Å². The van der Waals surface area contributed by atoms with Crippen molar-refractivity contribution in [2.45, 2.75) is 0 Å². The van der Waals surface area contributed by atoms with Crippen LogP contribution in [0.4, 0.5) is 5.69 Å². The van der Waals surface area contributed by atoms with Gasteiger partial charge in [0, 0.05) is 21.8 Å². The minimum Gasteiger partial charge on any atom is -0.495 e. The number of hydrogen-bond acceptors (Lipinski definition) is 5. The molecule has 0 spiro atoms. The summed E-state index contributed by atoms with van der Waals surface area (Å²) in [7, 11) is 1.55. The standard InChI is InChI=1S/C20H14BrN3O3/c1-26-16-8-7-13(20-24-18-17(27-20)6-3-9-22-18)11-15(16)23-19(25)12-4-2-5-14(21)10-12/h2-11H,1H3,(H,23,25). The number of methoxy groups -OCH3 is 1. The zero-order chi connectivity index (χ0) is 18.8. The molecule has 4 rings (SSSR count). The normalized spacial score (nSPS) is 10.7. The Morgan fingerprint density at radius 1 is 1.15 bits per heavy atom. The van der Waals surface area contributed by atoms with Crippen molar-refractivity contribution in [3.05, 3.63) is 70.8 Å². The minimum absolute atomic E-state index is 0.244. The smallest absolute Gasteiger partial charge is 0.255 e. The van der Waals surface area contributed by atoms with Crippen LogP contribution in [0.25, 0.3) is 22.7 Å². The number of ether oxygens (including phenoxy) is 1. The molecular formula is C20H14BrN3O3. The van der Waals surface area contributed by atoms with E-state index in [4.69, 9.17) is 9.15 Å². The highest BCUT2D eigenvalue weighted by Gasteiger charge is 2.14. The number of benzene rings is 2. The third-order valence-electron chi connectivity index (χ3n) is 3.95. The molecule has 4 aromatic rings. The first kappa shape index (κ1) is 17.2. The Balaban J connectivity index is 1.69. The molecule has 0 bridgehead atoms. The van der Waals surface area contributed by atoms with Gasteiger partial charge < -0.3 is 14.5 Å². The molecule has 0 saturated carbocycles. The summed E-state index contributed by atoms with van der Waals surface area (Å²) in [5, 5.41) is 2.88. The molecule has 2 aromatic carbocycles. The predicted octanol–water partition coefficient (Wildman–Crippen LogP) is 4.91. The first-order valence-corrected chi connectivity index (χ1v) is 8.90. The highest BCUT2D eigenvalue weighted by Crippen LogP contribution is 2.32. The van der Waals surface area contributed by atoms with Gasteiger partial charge in [-0.15, -0.1) is 0 Å². The van der Waals surface area contributed by atoms with E-state index in [1.165, 1.54) is 0 Å². The van der Waals surface area contributed by atoms with Crippen LogP contribution >= 0.6 is 15.9 Å². The molecule has 0 aliphatic rings. The lowest BCUT2D eigenvalue weighted by molar-refractivity contribution is 0.102. The average molecular weight is 424 g/mol. The molecule has 0 aliphatic carbocycles. The zero-order valence-electron chi connectivity index (χ0n) is 14.3. The van der Waals surface area contributed by atoms with E-state index in [-0.39, 0.29) is 5.91 Å². The number of aromatic nitrogens is 2. The van der Waals surface area contributed by atoms with Crippen LogP contribution in [0.1, 0.15) is 10.4 Å². The van der Waals surface area contributed by atoms with Gasteiger partial charge in [-0.05, 0) is 48.5 Å². The summed E-state index contributed by atoms with van der Waals surface area (Å²) in [6.45, 7) is 0. The van der Waals surface area contributed by atoms with Crippen LogP contribution in [0, 0.1) is 0 Å². The van der Waals surface area contributed by atoms with Gasteiger partial charge in [0.25, 0.3) is 5.91 Å². The fourth-order valence-electron chi connectivity index (χ4n) is 2.66. The van der Waals surface area contributed by atoms with E-state index in [1.54, 1.807) is 55.8 Å². The number of hydrogen-bond donors (Lipinski definition) is 1. The summed E-state index contributed by atoms with van der Waals surface area (Å²) in [6.07, 6.45) is 1.66. The molecule has 0 saturated heterocycles. The topological polar surface area (TPSA) is 77.2 Å². The molecule has 0 fully saturated rings. The number of carbonyl (C=O) groups excluding carboxylic acids is 1. The van der Waals surface area contributed by atoms with Gasteiger partial charge >= 0.3 is 0 Å². The summed E-state index contributed by atoms with van der Waals surface area (Å²) in [5.41, 5.74) is 2.89. The van der Waals surface area contributed by atoms with Crippen molar-refractivity contribution < 1.29 is 13.9 Å². The van der Waals surface area contributed by atoms with Crippen molar-refractivity contribution in [2.24, 2.45) is 0 Å². The molecule has 0 atom stereocenters. The quantitative estimate of drug-likeness (QED) is 0.504. The minimum atomic E-state index is -0.244. The number of oxazole rings is 1. The van der Waals surface area contributed by atoms with Crippen molar-refractivity contribution in [3.8, 4) is 17.2 Å². The van der Waals surface area contributed by atoms with Crippen LogP contribution < -0.4 is 10.1 Å². The first-order valence-electron chi connectivity index (χ1n) is 8.11. The number of nitrogens with zero attached hydrogens (tertiary/aromatic N) is 2. The summed E-state index contributed by atoms with van der Waals surface area (Å²) >= 11 is 3.37. The van der Waals surface area contributed by atoms with Gasteiger partial charge in [-0.3, -0.25) is 4.79 Å². The van der Waals surface area contributed by atoms with Crippen LogP contribution in [0.3, 0.4) is 0 Å². The maximum absolute atomic E-state index is 12.6. The monoisotopic (exact) mass is 423 g/mol. The lowest BCUT2D eigenvalue weighted by Crippen LogP contribution is -2.12.